The molecule has 0 amide bonds. The van der Waals surface area contributed by atoms with Crippen LogP contribution < -0.4 is 0 Å². The lowest BCUT2D eigenvalue weighted by atomic mass is 9.76. The van der Waals surface area contributed by atoms with Gasteiger partial charge in [-0.25, -0.2) is 0 Å². The van der Waals surface area contributed by atoms with E-state index in [1.807, 2.05) is 0 Å². The molecule has 0 atom stereocenters. The molecule has 0 fully saturated rings. The van der Waals surface area contributed by atoms with Gasteiger partial charge in [0.2, 0.25) is 11.3 Å². The maximum Gasteiger partial charge on any atom is 0.329 e. The van der Waals surface area contributed by atoms with Crippen molar-refractivity contribution in [3.8, 4) is 0 Å². The Kier molecular flexibility index (Phi) is 3.71. The van der Waals surface area contributed by atoms with Gasteiger partial charge < -0.3 is 9.47 Å². The number of hydrogen-bond donors (Lipinski definition) is 0. The summed E-state index contributed by atoms with van der Waals surface area (Å²) < 4.78 is 10.9. The summed E-state index contributed by atoms with van der Waals surface area (Å²) in [5, 5.41) is 0.495. The number of para-hydroxylation sites is 1. The number of aromatic nitrogens is 1. The third-order valence-electron chi connectivity index (χ3n) is 4.47. The minimum Gasteiger partial charge on any atom is -0.468 e. The molecule has 0 unspecified atom stereocenters. The molecule has 2 heterocycles. The van der Waals surface area contributed by atoms with Crippen LogP contribution in [0.15, 0.2) is 24.3 Å². The number of carbonyl (C=O) groups excluding carboxylic acids is 4. The highest BCUT2D eigenvalue weighted by atomic mass is 16.5. The molecule has 0 spiro atoms. The maximum absolute atomic E-state index is 12.5. The predicted molar refractivity (Wildman–Crippen MR) is 82.9 cm³/mol. The molecule has 1 aliphatic heterocycles. The van der Waals surface area contributed by atoms with Crippen LogP contribution in [0.25, 0.3) is 10.9 Å². The number of hydrogen-bond acceptors (Lipinski definition) is 6. The lowest BCUT2D eigenvalue weighted by molar-refractivity contribution is -0.163. The smallest absolute Gasteiger partial charge is 0.329 e. The van der Waals surface area contributed by atoms with Crippen LogP contribution in [-0.4, -0.2) is 42.9 Å². The largest absolute Gasteiger partial charge is 0.468 e. The van der Waals surface area contributed by atoms with Gasteiger partial charge in [0.1, 0.15) is 0 Å². The molecule has 3 rings (SSSR count). The van der Waals surface area contributed by atoms with Crippen LogP contribution in [-0.2, 0) is 24.5 Å². The minimum absolute atomic E-state index is 0.0219. The highest BCUT2D eigenvalue weighted by Gasteiger charge is 2.56. The highest BCUT2D eigenvalue weighted by molar-refractivity contribution is 6.14. The summed E-state index contributed by atoms with van der Waals surface area (Å²) >= 11 is 0. The molecule has 24 heavy (non-hydrogen) atoms. The standard InChI is InChI=1S/C17H15NO6/c1-23-15(21)17(16(22)24-2)8-7-13(20)18-12-6-4-3-5-10(12)11(9-19)14(17)18/h3-6,9H,7-8H2,1-2H3. The molecule has 1 aromatic heterocycles. The molecule has 124 valence electrons. The molecular formula is C17H15NO6. The topological polar surface area (TPSA) is 91.7 Å². The zero-order chi connectivity index (χ0) is 17.5. The quantitative estimate of drug-likeness (QED) is 0.481. The fourth-order valence-corrected chi connectivity index (χ4v) is 3.42. The van der Waals surface area contributed by atoms with E-state index in [9.17, 15) is 19.2 Å². The Morgan fingerprint density at radius 1 is 1.17 bits per heavy atom. The van der Waals surface area contributed by atoms with Crippen LogP contribution in [0.3, 0.4) is 0 Å². The van der Waals surface area contributed by atoms with E-state index < -0.39 is 17.4 Å². The van der Waals surface area contributed by atoms with Gasteiger partial charge in [0.05, 0.1) is 25.4 Å². The lowest BCUT2D eigenvalue weighted by Gasteiger charge is -2.33. The number of carbonyl (C=O) groups is 4. The van der Waals surface area contributed by atoms with Gasteiger partial charge in [0.25, 0.3) is 0 Å². The zero-order valence-corrected chi connectivity index (χ0v) is 13.2. The molecule has 2 aromatic rings. The second-order valence-electron chi connectivity index (χ2n) is 5.51. The van der Waals surface area contributed by atoms with Crippen LogP contribution in [0.5, 0.6) is 0 Å². The summed E-state index contributed by atoms with van der Waals surface area (Å²) in [5.74, 6) is -2.00. The van der Waals surface area contributed by atoms with Crippen molar-refractivity contribution in [3.05, 3.63) is 35.5 Å². The van der Waals surface area contributed by atoms with Gasteiger partial charge in [0, 0.05) is 17.4 Å². The molecule has 7 nitrogen and oxygen atoms in total. The van der Waals surface area contributed by atoms with Crippen molar-refractivity contribution in [2.24, 2.45) is 0 Å². The fourth-order valence-electron chi connectivity index (χ4n) is 3.42. The minimum atomic E-state index is -1.84. The Bertz CT molecular complexity index is 863. The Labute approximate surface area is 137 Å². The Morgan fingerprint density at radius 2 is 1.79 bits per heavy atom. The number of ether oxygens (including phenoxy) is 2. The van der Waals surface area contributed by atoms with Crippen molar-refractivity contribution in [1.29, 1.82) is 0 Å². The van der Waals surface area contributed by atoms with Gasteiger partial charge in [-0.15, -0.1) is 0 Å². The van der Waals surface area contributed by atoms with Crippen molar-refractivity contribution in [3.63, 3.8) is 0 Å². The molecule has 0 saturated heterocycles. The molecule has 0 aliphatic carbocycles. The number of rotatable bonds is 3. The third-order valence-corrected chi connectivity index (χ3v) is 4.47. The summed E-state index contributed by atoms with van der Waals surface area (Å²) in [7, 11) is 2.30. The number of benzene rings is 1. The predicted octanol–water partition coefficient (Wildman–Crippen LogP) is 1.47. The number of methoxy groups -OCH3 is 2. The van der Waals surface area contributed by atoms with E-state index in [1.165, 1.54) is 4.57 Å². The Morgan fingerprint density at radius 3 is 2.38 bits per heavy atom. The molecule has 7 heteroatoms. The molecule has 0 bridgehead atoms. The van der Waals surface area contributed by atoms with Gasteiger partial charge in [0.15, 0.2) is 6.29 Å². The van der Waals surface area contributed by atoms with Crippen molar-refractivity contribution in [2.45, 2.75) is 18.3 Å². The van der Waals surface area contributed by atoms with Crippen LogP contribution in [0.4, 0.5) is 0 Å². The van der Waals surface area contributed by atoms with Gasteiger partial charge >= 0.3 is 11.9 Å². The number of aldehydes is 1. The summed E-state index contributed by atoms with van der Waals surface area (Å²) in [6, 6.07) is 6.75. The summed E-state index contributed by atoms with van der Waals surface area (Å²) in [6.45, 7) is 0. The summed E-state index contributed by atoms with van der Waals surface area (Å²) in [6.07, 6.45) is 0.393. The van der Waals surface area contributed by atoms with Crippen LogP contribution >= 0.6 is 0 Å². The van der Waals surface area contributed by atoms with E-state index in [0.717, 1.165) is 14.2 Å². The number of esters is 2. The van der Waals surface area contributed by atoms with Crippen LogP contribution in [0, 0.1) is 0 Å². The average molecular weight is 329 g/mol. The highest BCUT2D eigenvalue weighted by Crippen LogP contribution is 2.42. The summed E-state index contributed by atoms with van der Waals surface area (Å²) in [5.41, 5.74) is -1.23. The van der Waals surface area contributed by atoms with E-state index in [-0.39, 0.29) is 30.0 Å². The first kappa shape index (κ1) is 15.9. The molecule has 0 radical (unpaired) electrons. The molecule has 0 saturated carbocycles. The molecule has 0 N–H and O–H groups in total. The maximum atomic E-state index is 12.5. The van der Waals surface area contributed by atoms with Crippen molar-refractivity contribution in [2.75, 3.05) is 14.2 Å². The first-order chi connectivity index (χ1) is 11.5. The van der Waals surface area contributed by atoms with Crippen LogP contribution in [0.1, 0.15) is 33.7 Å². The third kappa shape index (κ3) is 1.84. The lowest BCUT2D eigenvalue weighted by Crippen LogP contribution is -2.51. The van der Waals surface area contributed by atoms with Crippen molar-refractivity contribution < 1.29 is 28.7 Å². The SMILES string of the molecule is COC(=O)C1(C(=O)OC)CCC(=O)n2c1c(C=O)c1ccccc12. The van der Waals surface area contributed by atoms with Gasteiger partial charge in [-0.3, -0.25) is 23.7 Å². The first-order valence-electron chi connectivity index (χ1n) is 7.32. The second-order valence-corrected chi connectivity index (χ2v) is 5.51. The van der Waals surface area contributed by atoms with Crippen molar-refractivity contribution in [1.82, 2.24) is 4.57 Å². The monoisotopic (exact) mass is 329 g/mol. The zero-order valence-electron chi connectivity index (χ0n) is 13.2. The number of nitrogens with zero attached hydrogens (tertiary/aromatic N) is 1. The normalized spacial score (nSPS) is 15.7. The fraction of sp³-hybridized carbons (Fsp3) is 0.294. The van der Waals surface area contributed by atoms with E-state index >= 15 is 0 Å². The Balaban J connectivity index is 2.50. The first-order valence-corrected chi connectivity index (χ1v) is 7.32. The van der Waals surface area contributed by atoms with E-state index in [4.69, 9.17) is 9.47 Å². The molecular weight excluding hydrogens is 314 g/mol. The van der Waals surface area contributed by atoms with Crippen molar-refractivity contribution >= 4 is 35.0 Å². The van der Waals surface area contributed by atoms with E-state index in [1.54, 1.807) is 24.3 Å². The van der Waals surface area contributed by atoms with Gasteiger partial charge in [-0.2, -0.15) is 0 Å². The average Bonchev–Trinajstić information content (AvgIpc) is 2.96. The van der Waals surface area contributed by atoms with Crippen LogP contribution in [0.2, 0.25) is 0 Å². The Hall–Kier alpha value is -2.96. The number of fused-ring (bicyclic) bond motifs is 3. The van der Waals surface area contributed by atoms with E-state index in [0.29, 0.717) is 17.2 Å². The second kappa shape index (κ2) is 5.59. The van der Waals surface area contributed by atoms with Gasteiger partial charge in [-0.05, 0) is 12.5 Å². The van der Waals surface area contributed by atoms with E-state index in [2.05, 4.69) is 0 Å². The molecule has 1 aliphatic rings. The van der Waals surface area contributed by atoms with Gasteiger partial charge in [-0.1, -0.05) is 18.2 Å². The summed E-state index contributed by atoms with van der Waals surface area (Å²) in [4.78, 5) is 49.3. The molecule has 1 aromatic carbocycles.